The van der Waals surface area contributed by atoms with E-state index in [0.29, 0.717) is 18.9 Å². The third-order valence-electron chi connectivity index (χ3n) is 1.71. The van der Waals surface area contributed by atoms with Crippen LogP contribution in [0.4, 0.5) is 0 Å². The number of aryl methyl sites for hydroxylation is 1. The molecule has 0 unspecified atom stereocenters. The lowest BCUT2D eigenvalue weighted by Gasteiger charge is -2.03. The smallest absolute Gasteiger partial charge is 0.180 e. The Morgan fingerprint density at radius 3 is 2.64 bits per heavy atom. The van der Waals surface area contributed by atoms with Crippen LogP contribution in [0.1, 0.15) is 18.9 Å². The molecule has 1 rings (SSSR count). The van der Waals surface area contributed by atoms with Crippen molar-refractivity contribution in [2.45, 2.75) is 19.8 Å². The molecule has 0 aliphatic rings. The fraction of sp³-hybridized carbons (Fsp3) is 0.400. The quantitative estimate of drug-likeness (QED) is 0.618. The Morgan fingerprint density at radius 1 is 1.43 bits per heavy atom. The molecule has 0 aromatic carbocycles. The normalized spacial score (nSPS) is 8.93. The predicted molar refractivity (Wildman–Crippen MR) is 59.2 cm³/mol. The summed E-state index contributed by atoms with van der Waals surface area (Å²) >= 11 is 0. The number of pyridine rings is 1. The van der Waals surface area contributed by atoms with Crippen molar-refractivity contribution in [2.75, 3.05) is 6.61 Å². The summed E-state index contributed by atoms with van der Waals surface area (Å²) in [5, 5.41) is 7.40. The van der Waals surface area contributed by atoms with E-state index in [1.54, 1.807) is 12.4 Å². The van der Waals surface area contributed by atoms with Crippen molar-refractivity contribution in [3.05, 3.63) is 30.1 Å². The second-order valence-electron chi connectivity index (χ2n) is 2.71. The van der Waals surface area contributed by atoms with Gasteiger partial charge in [0.05, 0.1) is 6.61 Å². The van der Waals surface area contributed by atoms with Gasteiger partial charge in [-0.25, -0.2) is 0 Å². The monoisotopic (exact) mass is 214 g/mol. The minimum absolute atomic E-state index is 0. The molecule has 0 bridgehead atoms. The van der Waals surface area contributed by atoms with Crippen molar-refractivity contribution in [3.8, 4) is 0 Å². The molecule has 14 heavy (non-hydrogen) atoms. The minimum Gasteiger partial charge on any atom is -0.481 e. The summed E-state index contributed by atoms with van der Waals surface area (Å²) in [4.78, 5) is 3.92. The van der Waals surface area contributed by atoms with Crippen LogP contribution in [-0.4, -0.2) is 17.5 Å². The van der Waals surface area contributed by atoms with Crippen LogP contribution in [-0.2, 0) is 11.2 Å². The molecule has 0 radical (unpaired) electrons. The average molecular weight is 215 g/mol. The third kappa shape index (κ3) is 4.82. The van der Waals surface area contributed by atoms with Crippen molar-refractivity contribution in [1.82, 2.24) is 4.98 Å². The number of nitrogens with zero attached hydrogens (tertiary/aromatic N) is 1. The molecule has 0 saturated heterocycles. The van der Waals surface area contributed by atoms with E-state index in [9.17, 15) is 0 Å². The number of aromatic nitrogens is 1. The van der Waals surface area contributed by atoms with E-state index < -0.39 is 0 Å². The molecule has 78 valence electrons. The Labute approximate surface area is 90.4 Å². The van der Waals surface area contributed by atoms with Gasteiger partial charge in [0.2, 0.25) is 0 Å². The van der Waals surface area contributed by atoms with Crippen LogP contribution in [0.2, 0.25) is 0 Å². The van der Waals surface area contributed by atoms with Gasteiger partial charge in [-0.1, -0.05) is 0 Å². The van der Waals surface area contributed by atoms with E-state index >= 15 is 0 Å². The average Bonchev–Trinajstić information content (AvgIpc) is 2.17. The lowest BCUT2D eigenvalue weighted by Crippen LogP contribution is -2.04. The first-order valence-electron chi connectivity index (χ1n) is 4.42. The number of rotatable bonds is 4. The van der Waals surface area contributed by atoms with Crippen LogP contribution >= 0.6 is 12.4 Å². The Kier molecular flexibility index (Phi) is 6.76. The molecule has 1 N–H and O–H groups in total. The van der Waals surface area contributed by atoms with Gasteiger partial charge in [0.1, 0.15) is 0 Å². The van der Waals surface area contributed by atoms with Gasteiger partial charge in [-0.2, -0.15) is 0 Å². The molecule has 3 nitrogen and oxygen atoms in total. The van der Waals surface area contributed by atoms with Crippen molar-refractivity contribution in [2.24, 2.45) is 0 Å². The van der Waals surface area contributed by atoms with Crippen LogP contribution in [0.5, 0.6) is 0 Å². The SMILES string of the molecule is CCOC(=N)CCc1ccncc1.Cl. The molecule has 0 aliphatic heterocycles. The first kappa shape index (κ1) is 12.9. The van der Waals surface area contributed by atoms with Gasteiger partial charge in [-0.15, -0.1) is 12.4 Å². The standard InChI is InChI=1S/C10H14N2O.ClH/c1-2-13-10(11)4-3-9-5-7-12-8-6-9;/h5-8,11H,2-4H2,1H3;1H. The Morgan fingerprint density at radius 2 is 2.07 bits per heavy atom. The molecule has 0 aliphatic carbocycles. The van der Waals surface area contributed by atoms with Crippen molar-refractivity contribution in [3.63, 3.8) is 0 Å². The maximum absolute atomic E-state index is 7.40. The van der Waals surface area contributed by atoms with E-state index in [4.69, 9.17) is 10.1 Å². The Balaban J connectivity index is 0.00000169. The highest BCUT2D eigenvalue weighted by Crippen LogP contribution is 2.01. The molecular weight excluding hydrogens is 200 g/mol. The fourth-order valence-electron chi connectivity index (χ4n) is 1.05. The first-order chi connectivity index (χ1) is 6.33. The number of nitrogens with one attached hydrogen (secondary N) is 1. The van der Waals surface area contributed by atoms with Crippen molar-refractivity contribution < 1.29 is 4.74 Å². The van der Waals surface area contributed by atoms with Gasteiger partial charge in [0.15, 0.2) is 5.90 Å². The molecule has 4 heteroatoms. The highest BCUT2D eigenvalue weighted by Gasteiger charge is 1.97. The maximum atomic E-state index is 7.40. The predicted octanol–water partition coefficient (Wildman–Crippen LogP) is 2.45. The zero-order chi connectivity index (χ0) is 9.52. The van der Waals surface area contributed by atoms with Gasteiger partial charge in [-0.05, 0) is 31.0 Å². The summed E-state index contributed by atoms with van der Waals surface area (Å²) in [5.41, 5.74) is 1.19. The second-order valence-corrected chi connectivity index (χ2v) is 2.71. The molecule has 1 aromatic heterocycles. The van der Waals surface area contributed by atoms with Crippen molar-refractivity contribution in [1.29, 1.82) is 5.41 Å². The summed E-state index contributed by atoms with van der Waals surface area (Å²) < 4.78 is 5.03. The summed E-state index contributed by atoms with van der Waals surface area (Å²) in [6, 6.07) is 3.92. The summed E-state index contributed by atoms with van der Waals surface area (Å²) in [6.07, 6.45) is 5.04. The van der Waals surface area contributed by atoms with E-state index in [1.807, 2.05) is 19.1 Å². The van der Waals surface area contributed by atoms with Crippen LogP contribution < -0.4 is 0 Å². The molecule has 1 heterocycles. The molecular formula is C10H15ClN2O. The highest BCUT2D eigenvalue weighted by atomic mass is 35.5. The highest BCUT2D eigenvalue weighted by molar-refractivity contribution is 5.85. The van der Waals surface area contributed by atoms with Gasteiger partial charge < -0.3 is 4.74 Å². The third-order valence-corrected chi connectivity index (χ3v) is 1.71. The molecule has 0 spiro atoms. The molecule has 0 atom stereocenters. The number of ether oxygens (including phenoxy) is 1. The largest absolute Gasteiger partial charge is 0.481 e. The van der Waals surface area contributed by atoms with Crippen LogP contribution in [0.25, 0.3) is 0 Å². The number of halogens is 1. The molecule has 1 aromatic rings. The van der Waals surface area contributed by atoms with Crippen LogP contribution in [0.15, 0.2) is 24.5 Å². The maximum Gasteiger partial charge on any atom is 0.180 e. The van der Waals surface area contributed by atoms with Crippen molar-refractivity contribution >= 4 is 18.3 Å². The number of hydrogen-bond donors (Lipinski definition) is 1. The van der Waals surface area contributed by atoms with E-state index in [2.05, 4.69) is 4.98 Å². The lowest BCUT2D eigenvalue weighted by atomic mass is 10.1. The second kappa shape index (κ2) is 7.33. The summed E-state index contributed by atoms with van der Waals surface area (Å²) in [5.74, 6) is 0.360. The molecule has 0 amide bonds. The summed E-state index contributed by atoms with van der Waals surface area (Å²) in [7, 11) is 0. The molecule has 0 fully saturated rings. The van der Waals surface area contributed by atoms with Gasteiger partial charge in [0, 0.05) is 18.8 Å². The van der Waals surface area contributed by atoms with Gasteiger partial charge >= 0.3 is 0 Å². The Bertz CT molecular complexity index is 264. The lowest BCUT2D eigenvalue weighted by molar-refractivity contribution is 0.314. The topological polar surface area (TPSA) is 46.0 Å². The van der Waals surface area contributed by atoms with Crippen LogP contribution in [0.3, 0.4) is 0 Å². The van der Waals surface area contributed by atoms with E-state index in [0.717, 1.165) is 6.42 Å². The van der Waals surface area contributed by atoms with Gasteiger partial charge in [0.25, 0.3) is 0 Å². The zero-order valence-corrected chi connectivity index (χ0v) is 9.01. The number of hydrogen-bond acceptors (Lipinski definition) is 3. The van der Waals surface area contributed by atoms with E-state index in [-0.39, 0.29) is 12.4 Å². The first-order valence-corrected chi connectivity index (χ1v) is 4.42. The van der Waals surface area contributed by atoms with Crippen LogP contribution in [0, 0.1) is 5.41 Å². The summed E-state index contributed by atoms with van der Waals surface area (Å²) in [6.45, 7) is 2.47. The zero-order valence-electron chi connectivity index (χ0n) is 8.19. The van der Waals surface area contributed by atoms with Gasteiger partial charge in [-0.3, -0.25) is 10.4 Å². The fourth-order valence-corrected chi connectivity index (χ4v) is 1.05. The minimum atomic E-state index is 0. The molecule has 0 saturated carbocycles. The Hall–Kier alpha value is -1.09. The van der Waals surface area contributed by atoms with E-state index in [1.165, 1.54) is 5.56 Å².